The summed E-state index contributed by atoms with van der Waals surface area (Å²) in [5.41, 5.74) is -0.314. The number of rotatable bonds is 5. The van der Waals surface area contributed by atoms with Gasteiger partial charge in [-0.1, -0.05) is 12.8 Å². The van der Waals surface area contributed by atoms with Crippen LogP contribution in [0.15, 0.2) is 15.4 Å². The van der Waals surface area contributed by atoms with Gasteiger partial charge in [-0.05, 0) is 33.7 Å². The zero-order valence-corrected chi connectivity index (χ0v) is 12.6. The highest BCUT2D eigenvalue weighted by Crippen LogP contribution is 2.31. The molecule has 1 heterocycles. The topological polar surface area (TPSA) is 71.3 Å². The molecule has 1 saturated carbocycles. The van der Waals surface area contributed by atoms with Crippen LogP contribution < -0.4 is 10.0 Å². The van der Waals surface area contributed by atoms with Crippen molar-refractivity contribution in [1.82, 2.24) is 10.0 Å². The first kappa shape index (κ1) is 14.6. The molecule has 2 rings (SSSR count). The first-order valence-electron chi connectivity index (χ1n) is 6.64. The van der Waals surface area contributed by atoms with Gasteiger partial charge in [-0.15, -0.1) is 0 Å². The van der Waals surface area contributed by atoms with E-state index >= 15 is 0 Å². The molecular weight excluding hydrogens is 264 g/mol. The highest BCUT2D eigenvalue weighted by Gasteiger charge is 2.34. The average Bonchev–Trinajstić information content (AvgIpc) is 2.85. The Morgan fingerprint density at radius 1 is 1.37 bits per heavy atom. The van der Waals surface area contributed by atoms with Crippen LogP contribution in [0.3, 0.4) is 0 Å². The summed E-state index contributed by atoms with van der Waals surface area (Å²) in [5, 5.41) is 2.95. The molecule has 2 N–H and O–H groups in total. The van der Waals surface area contributed by atoms with Crippen LogP contribution in [0, 0.1) is 6.92 Å². The molecule has 0 unspecified atom stereocenters. The minimum atomic E-state index is -3.50. The lowest BCUT2D eigenvalue weighted by molar-refractivity contribution is 0.426. The molecule has 0 bridgehead atoms. The Hall–Kier alpha value is -0.850. The van der Waals surface area contributed by atoms with E-state index in [1.165, 1.54) is 0 Å². The second-order valence-corrected chi connectivity index (χ2v) is 7.19. The van der Waals surface area contributed by atoms with E-state index in [9.17, 15) is 8.42 Å². The molecule has 0 radical (unpaired) electrons. The van der Waals surface area contributed by atoms with Gasteiger partial charge in [0.2, 0.25) is 10.0 Å². The maximum atomic E-state index is 12.4. The molecule has 0 aromatic carbocycles. The number of hydrogen-bond acceptors (Lipinski definition) is 4. The van der Waals surface area contributed by atoms with Gasteiger partial charge < -0.3 is 9.73 Å². The highest BCUT2D eigenvalue weighted by atomic mass is 32.2. The molecule has 0 saturated heterocycles. The number of sulfonamides is 1. The monoisotopic (exact) mass is 286 g/mol. The summed E-state index contributed by atoms with van der Waals surface area (Å²) in [7, 11) is -1.71. The third-order valence-electron chi connectivity index (χ3n) is 3.65. The summed E-state index contributed by atoms with van der Waals surface area (Å²) in [6.45, 7) is 4.18. The predicted octanol–water partition coefficient (Wildman–Crippen LogP) is 1.92. The van der Waals surface area contributed by atoms with Gasteiger partial charge in [0.15, 0.2) is 0 Å². The normalized spacial score (nSPS) is 18.9. The second kappa shape index (κ2) is 5.26. The number of hydrogen-bond donors (Lipinski definition) is 2. The summed E-state index contributed by atoms with van der Waals surface area (Å²) < 4.78 is 33.2. The Labute approximate surface area is 114 Å². The molecule has 6 heteroatoms. The van der Waals surface area contributed by atoms with Crippen molar-refractivity contribution in [2.75, 3.05) is 7.05 Å². The van der Waals surface area contributed by atoms with Gasteiger partial charge in [-0.25, -0.2) is 13.1 Å². The lowest BCUT2D eigenvalue weighted by atomic mass is 10.0. The van der Waals surface area contributed by atoms with E-state index in [-0.39, 0.29) is 10.4 Å². The van der Waals surface area contributed by atoms with E-state index in [0.717, 1.165) is 25.7 Å². The number of aryl methyl sites for hydroxylation is 1. The molecule has 5 nitrogen and oxygen atoms in total. The lowest BCUT2D eigenvalue weighted by Gasteiger charge is -2.24. The second-order valence-electron chi connectivity index (χ2n) is 5.54. The van der Waals surface area contributed by atoms with Crippen LogP contribution >= 0.6 is 0 Å². The zero-order valence-electron chi connectivity index (χ0n) is 11.7. The summed E-state index contributed by atoms with van der Waals surface area (Å²) in [5.74, 6) is 1.08. The Morgan fingerprint density at radius 2 is 2.00 bits per heavy atom. The lowest BCUT2D eigenvalue weighted by Crippen LogP contribution is -2.43. The van der Waals surface area contributed by atoms with Crippen LogP contribution in [0.5, 0.6) is 0 Å². The van der Waals surface area contributed by atoms with E-state index in [1.807, 2.05) is 6.92 Å². The molecule has 0 spiro atoms. The average molecular weight is 286 g/mol. The van der Waals surface area contributed by atoms with Crippen LogP contribution in [0.2, 0.25) is 0 Å². The number of furan rings is 1. The molecule has 1 aromatic rings. The molecule has 19 heavy (non-hydrogen) atoms. The van der Waals surface area contributed by atoms with E-state index in [4.69, 9.17) is 4.42 Å². The van der Waals surface area contributed by atoms with E-state index < -0.39 is 10.0 Å². The van der Waals surface area contributed by atoms with Gasteiger partial charge in [0.25, 0.3) is 0 Å². The van der Waals surface area contributed by atoms with Gasteiger partial charge in [0.05, 0.1) is 6.54 Å². The minimum absolute atomic E-state index is 0.255. The summed E-state index contributed by atoms with van der Waals surface area (Å²) >= 11 is 0. The Balaban J connectivity index is 2.24. The molecule has 1 aromatic heterocycles. The maximum Gasteiger partial charge on any atom is 0.244 e. The smallest absolute Gasteiger partial charge is 0.244 e. The van der Waals surface area contributed by atoms with Gasteiger partial charge in [-0.2, -0.15) is 0 Å². The first-order valence-corrected chi connectivity index (χ1v) is 8.12. The predicted molar refractivity (Wildman–Crippen MR) is 73.4 cm³/mol. The highest BCUT2D eigenvalue weighted by molar-refractivity contribution is 7.89. The van der Waals surface area contributed by atoms with Crippen molar-refractivity contribution >= 4 is 10.0 Å². The number of nitrogens with one attached hydrogen (secondary N) is 2. The summed E-state index contributed by atoms with van der Waals surface area (Å²) in [4.78, 5) is 0.255. The molecule has 0 amide bonds. The Kier molecular flexibility index (Phi) is 4.03. The van der Waals surface area contributed by atoms with Crippen LogP contribution in [-0.4, -0.2) is 21.0 Å². The molecular formula is C13H22N2O3S. The fraction of sp³-hybridized carbons (Fsp3) is 0.692. The Morgan fingerprint density at radius 3 is 2.58 bits per heavy atom. The van der Waals surface area contributed by atoms with Crippen molar-refractivity contribution in [2.24, 2.45) is 0 Å². The largest absolute Gasteiger partial charge is 0.464 e. The van der Waals surface area contributed by atoms with Crippen LogP contribution in [0.1, 0.15) is 44.1 Å². The van der Waals surface area contributed by atoms with Crippen molar-refractivity contribution in [3.8, 4) is 0 Å². The van der Waals surface area contributed by atoms with Gasteiger partial charge in [0.1, 0.15) is 16.4 Å². The van der Waals surface area contributed by atoms with Crippen molar-refractivity contribution in [1.29, 1.82) is 0 Å². The van der Waals surface area contributed by atoms with Crippen molar-refractivity contribution in [3.05, 3.63) is 17.6 Å². The maximum absolute atomic E-state index is 12.4. The molecule has 1 aliphatic rings. The Bertz CT molecular complexity index is 542. The van der Waals surface area contributed by atoms with Crippen molar-refractivity contribution < 1.29 is 12.8 Å². The quantitative estimate of drug-likeness (QED) is 0.867. The van der Waals surface area contributed by atoms with E-state index in [0.29, 0.717) is 18.1 Å². The molecule has 1 fully saturated rings. The third kappa shape index (κ3) is 3.19. The summed E-state index contributed by atoms with van der Waals surface area (Å²) in [6, 6.07) is 1.60. The molecule has 0 atom stereocenters. The minimum Gasteiger partial charge on any atom is -0.464 e. The van der Waals surface area contributed by atoms with Gasteiger partial charge >= 0.3 is 0 Å². The van der Waals surface area contributed by atoms with Crippen molar-refractivity contribution in [2.45, 2.75) is 56.5 Å². The van der Waals surface area contributed by atoms with Gasteiger partial charge in [0, 0.05) is 11.6 Å². The molecule has 1 aliphatic carbocycles. The fourth-order valence-electron chi connectivity index (χ4n) is 2.69. The SMILES string of the molecule is CNCc1cc(S(=O)(=O)NC2(C)CCCC2)c(C)o1. The van der Waals surface area contributed by atoms with Crippen LogP contribution in [0.25, 0.3) is 0 Å². The fourth-order valence-corrected chi connectivity index (χ4v) is 4.36. The zero-order chi connectivity index (χ0) is 14.1. The van der Waals surface area contributed by atoms with Crippen molar-refractivity contribution in [3.63, 3.8) is 0 Å². The van der Waals surface area contributed by atoms with Gasteiger partial charge in [-0.3, -0.25) is 0 Å². The van der Waals surface area contributed by atoms with Crippen LogP contribution in [-0.2, 0) is 16.6 Å². The molecule has 0 aliphatic heterocycles. The summed E-state index contributed by atoms with van der Waals surface area (Å²) in [6.07, 6.45) is 3.95. The van der Waals surface area contributed by atoms with E-state index in [2.05, 4.69) is 10.0 Å². The standard InChI is InChI=1S/C13H22N2O3S/c1-10-12(8-11(18-10)9-14-3)19(16,17)15-13(2)6-4-5-7-13/h8,14-15H,4-7,9H2,1-3H3. The third-order valence-corrected chi connectivity index (χ3v) is 5.40. The van der Waals surface area contributed by atoms with E-state index in [1.54, 1.807) is 20.0 Å². The van der Waals surface area contributed by atoms with Crippen LogP contribution in [0.4, 0.5) is 0 Å². The first-order chi connectivity index (χ1) is 8.86. The molecule has 108 valence electrons.